The number of phosphoric ester groups is 2. The van der Waals surface area contributed by atoms with Crippen molar-refractivity contribution in [3.8, 4) is 0 Å². The molecule has 97 heavy (non-hydrogen) atoms. The number of rotatable bonds is 78. The van der Waals surface area contributed by atoms with Crippen LogP contribution in [-0.2, 0) is 65.4 Å². The molecule has 0 saturated carbocycles. The summed E-state index contributed by atoms with van der Waals surface area (Å²) in [6, 6.07) is 0. The molecule has 5 atom stereocenters. The van der Waals surface area contributed by atoms with E-state index in [0.717, 1.165) is 109 Å². The van der Waals surface area contributed by atoms with E-state index in [1.165, 1.54) is 225 Å². The van der Waals surface area contributed by atoms with Gasteiger partial charge in [-0.2, -0.15) is 0 Å². The van der Waals surface area contributed by atoms with Crippen LogP contribution in [0.25, 0.3) is 0 Å². The third-order valence-corrected chi connectivity index (χ3v) is 20.2. The van der Waals surface area contributed by atoms with E-state index in [1.807, 2.05) is 0 Å². The number of ether oxygens (including phenoxy) is 4. The molecule has 0 bridgehead atoms. The number of unbranched alkanes of at least 4 members (excludes halogenated alkanes) is 50. The molecule has 0 radical (unpaired) electrons. The van der Waals surface area contributed by atoms with E-state index in [4.69, 9.17) is 37.0 Å². The Hall–Kier alpha value is -1.94. The second-order valence-corrected chi connectivity index (χ2v) is 31.5. The van der Waals surface area contributed by atoms with Crippen LogP contribution in [0.3, 0.4) is 0 Å². The fourth-order valence-electron chi connectivity index (χ4n) is 12.1. The quantitative estimate of drug-likeness (QED) is 0.0222. The number of esters is 4. The number of hydrogen-bond acceptors (Lipinski definition) is 15. The Morgan fingerprint density at radius 3 is 0.701 bits per heavy atom. The minimum Gasteiger partial charge on any atom is -0.462 e. The Balaban J connectivity index is 5.17. The van der Waals surface area contributed by atoms with Crippen molar-refractivity contribution < 1.29 is 80.2 Å². The van der Waals surface area contributed by atoms with Crippen molar-refractivity contribution in [2.45, 2.75) is 432 Å². The second-order valence-electron chi connectivity index (χ2n) is 28.6. The summed E-state index contributed by atoms with van der Waals surface area (Å²) in [7, 11) is -9.91. The van der Waals surface area contributed by atoms with Gasteiger partial charge in [-0.15, -0.1) is 0 Å². The van der Waals surface area contributed by atoms with Gasteiger partial charge in [0.05, 0.1) is 26.4 Å². The first kappa shape index (κ1) is 95.1. The van der Waals surface area contributed by atoms with Gasteiger partial charge in [0.2, 0.25) is 0 Å². The van der Waals surface area contributed by atoms with E-state index < -0.39 is 97.5 Å². The van der Waals surface area contributed by atoms with Crippen LogP contribution in [0.1, 0.15) is 413 Å². The first-order valence-electron chi connectivity index (χ1n) is 40.6. The van der Waals surface area contributed by atoms with Crippen molar-refractivity contribution in [2.24, 2.45) is 5.92 Å². The molecule has 0 fully saturated rings. The van der Waals surface area contributed by atoms with Gasteiger partial charge in [-0.05, 0) is 31.6 Å². The number of carbonyl (C=O) groups is 4. The molecule has 0 spiro atoms. The van der Waals surface area contributed by atoms with Crippen molar-refractivity contribution in [3.63, 3.8) is 0 Å². The van der Waals surface area contributed by atoms with Gasteiger partial charge >= 0.3 is 39.5 Å². The van der Waals surface area contributed by atoms with Gasteiger partial charge in [0.1, 0.15) is 19.3 Å². The molecule has 576 valence electrons. The molecular weight excluding hydrogens is 1270 g/mol. The molecule has 19 heteroatoms. The van der Waals surface area contributed by atoms with Gasteiger partial charge in [0.15, 0.2) is 12.2 Å². The van der Waals surface area contributed by atoms with Gasteiger partial charge in [-0.1, -0.05) is 362 Å². The maximum atomic E-state index is 13.1. The Labute approximate surface area is 594 Å². The highest BCUT2D eigenvalue weighted by molar-refractivity contribution is 7.47. The zero-order chi connectivity index (χ0) is 71.2. The largest absolute Gasteiger partial charge is 0.472 e. The van der Waals surface area contributed by atoms with E-state index in [0.29, 0.717) is 25.7 Å². The summed E-state index contributed by atoms with van der Waals surface area (Å²) in [5.74, 6) is -1.31. The monoisotopic (exact) mass is 1420 g/mol. The highest BCUT2D eigenvalue weighted by Crippen LogP contribution is 2.45. The molecule has 0 amide bonds. The second kappa shape index (κ2) is 71.1. The summed E-state index contributed by atoms with van der Waals surface area (Å²) < 4.78 is 68.5. The zero-order valence-electron chi connectivity index (χ0n) is 63.2. The van der Waals surface area contributed by atoms with E-state index in [2.05, 4.69) is 34.6 Å². The minimum absolute atomic E-state index is 0.107. The Kier molecular flexibility index (Phi) is 69.6. The first-order chi connectivity index (χ1) is 47.0. The third-order valence-electron chi connectivity index (χ3n) is 18.3. The van der Waals surface area contributed by atoms with E-state index in [9.17, 15) is 43.2 Å². The predicted octanol–water partition coefficient (Wildman–Crippen LogP) is 23.3. The molecule has 0 aromatic rings. The molecule has 0 heterocycles. The predicted molar refractivity (Wildman–Crippen MR) is 395 cm³/mol. The van der Waals surface area contributed by atoms with Gasteiger partial charge in [0.25, 0.3) is 0 Å². The molecule has 0 rings (SSSR count). The third kappa shape index (κ3) is 72.2. The number of aliphatic hydroxyl groups excluding tert-OH is 1. The van der Waals surface area contributed by atoms with E-state index in [-0.39, 0.29) is 25.7 Å². The SMILES string of the molecule is CCCCCCCCCCCCCCCCCCCCCC(=O)OC[C@H](COP(=O)(O)OC[C@@H](O)COP(=O)(O)OC[C@@H](COC(=O)CCCCCCCCC)OC(=O)CCCCCCCCCCCCCC)OC(=O)CCCCCCCCCCCCCCCCCCC(C)C. The highest BCUT2D eigenvalue weighted by Gasteiger charge is 2.30. The van der Waals surface area contributed by atoms with E-state index in [1.54, 1.807) is 0 Å². The molecule has 3 N–H and O–H groups in total. The minimum atomic E-state index is -4.96. The van der Waals surface area contributed by atoms with Crippen LogP contribution in [0.4, 0.5) is 0 Å². The topological polar surface area (TPSA) is 237 Å². The van der Waals surface area contributed by atoms with Crippen molar-refractivity contribution in [1.29, 1.82) is 0 Å². The maximum Gasteiger partial charge on any atom is 0.472 e. The molecular formula is C78H152O17P2. The van der Waals surface area contributed by atoms with Gasteiger partial charge in [-0.25, -0.2) is 9.13 Å². The summed E-state index contributed by atoms with van der Waals surface area (Å²) in [4.78, 5) is 72.7. The number of aliphatic hydroxyl groups is 1. The van der Waals surface area contributed by atoms with Crippen molar-refractivity contribution >= 4 is 39.5 Å². The summed E-state index contributed by atoms with van der Waals surface area (Å²) in [6.45, 7) is 7.30. The number of hydrogen-bond donors (Lipinski definition) is 3. The van der Waals surface area contributed by atoms with Gasteiger partial charge < -0.3 is 33.8 Å². The Morgan fingerprint density at radius 2 is 0.474 bits per heavy atom. The first-order valence-corrected chi connectivity index (χ1v) is 43.6. The van der Waals surface area contributed by atoms with Crippen LogP contribution in [0.15, 0.2) is 0 Å². The van der Waals surface area contributed by atoms with Crippen LogP contribution < -0.4 is 0 Å². The highest BCUT2D eigenvalue weighted by atomic mass is 31.2. The molecule has 0 aliphatic rings. The summed E-state index contributed by atoms with van der Waals surface area (Å²) >= 11 is 0. The standard InChI is InChI=1S/C78H152O17P2/c1-6-9-12-15-18-20-22-24-25-26-27-28-32-35-39-42-47-52-57-62-76(81)89-68-74(95-78(83)64-59-54-49-44-40-36-33-30-29-31-34-37-41-46-50-55-60-71(4)5)70-93-97(86,87)91-66-72(79)65-90-96(84,85)92-69-73(67-88-75(80)61-56-51-45-17-14-11-8-3)94-77(82)63-58-53-48-43-38-23-21-19-16-13-10-7-2/h71-74,79H,6-70H2,1-5H3,(H,84,85)(H,86,87)/t72-,73+,74+/m0/s1. The average molecular weight is 1420 g/mol. The Morgan fingerprint density at radius 1 is 0.278 bits per heavy atom. The average Bonchev–Trinajstić information content (AvgIpc) is 3.28. The number of phosphoric acid groups is 2. The van der Waals surface area contributed by atoms with Crippen LogP contribution in [0.2, 0.25) is 0 Å². The van der Waals surface area contributed by atoms with Crippen molar-refractivity contribution in [1.82, 2.24) is 0 Å². The molecule has 0 aliphatic carbocycles. The lowest BCUT2D eigenvalue weighted by molar-refractivity contribution is -0.161. The number of carbonyl (C=O) groups excluding carboxylic acids is 4. The van der Waals surface area contributed by atoms with Crippen LogP contribution in [0, 0.1) is 5.92 Å². The van der Waals surface area contributed by atoms with Crippen LogP contribution in [-0.4, -0.2) is 96.7 Å². The van der Waals surface area contributed by atoms with Crippen molar-refractivity contribution in [3.05, 3.63) is 0 Å². The summed E-state index contributed by atoms with van der Waals surface area (Å²) in [5, 5.41) is 10.6. The maximum absolute atomic E-state index is 13.1. The molecule has 0 saturated heterocycles. The van der Waals surface area contributed by atoms with Crippen molar-refractivity contribution in [2.75, 3.05) is 39.6 Å². The molecule has 2 unspecified atom stereocenters. The molecule has 0 aromatic heterocycles. The zero-order valence-corrected chi connectivity index (χ0v) is 65.0. The summed E-state index contributed by atoms with van der Waals surface area (Å²) in [5.41, 5.74) is 0. The molecule has 0 aliphatic heterocycles. The molecule has 17 nitrogen and oxygen atoms in total. The van der Waals surface area contributed by atoms with Crippen LogP contribution >= 0.6 is 15.6 Å². The summed E-state index contributed by atoms with van der Waals surface area (Å²) in [6.07, 6.45) is 61.2. The normalized spacial score (nSPS) is 13.9. The molecule has 0 aromatic carbocycles. The fourth-order valence-corrected chi connectivity index (χ4v) is 13.6. The van der Waals surface area contributed by atoms with Crippen LogP contribution in [0.5, 0.6) is 0 Å². The van der Waals surface area contributed by atoms with Gasteiger partial charge in [-0.3, -0.25) is 37.3 Å². The smallest absolute Gasteiger partial charge is 0.462 e. The lowest BCUT2D eigenvalue weighted by atomic mass is 10.0. The fraction of sp³-hybridized carbons (Fsp3) is 0.949. The Bertz CT molecular complexity index is 1860. The van der Waals surface area contributed by atoms with Gasteiger partial charge in [0, 0.05) is 25.7 Å². The lowest BCUT2D eigenvalue weighted by Crippen LogP contribution is -2.30. The lowest BCUT2D eigenvalue weighted by Gasteiger charge is -2.21. The van der Waals surface area contributed by atoms with E-state index >= 15 is 0 Å².